The zero-order valence-electron chi connectivity index (χ0n) is 25.5. The lowest BCUT2D eigenvalue weighted by molar-refractivity contribution is -0.147. The molecule has 0 aliphatic heterocycles. The standard InChI is InChI=1S/C33H42N4O5/c1-8-21-13-15-23(16-14-21)28(29(39)35-25-18-17-22-11-9-10-12-24(22)19-25)37(32(2,3)4)30(40)26(20-27(34)38)36-31(41)42-33(5,6)7/h9-19,26,28H,8,20H2,1-7H3,(H2,34,38)(H,35,39)(H,36,41). The van der Waals surface area contributed by atoms with Gasteiger partial charge < -0.3 is 26.0 Å². The molecule has 4 amide bonds. The fraction of sp³-hybridized carbons (Fsp3) is 0.394. The molecule has 2 unspecified atom stereocenters. The van der Waals surface area contributed by atoms with Gasteiger partial charge in [-0.2, -0.15) is 0 Å². The second kappa shape index (κ2) is 13.1. The third kappa shape index (κ3) is 8.55. The van der Waals surface area contributed by atoms with Crippen molar-refractivity contribution in [1.29, 1.82) is 0 Å². The van der Waals surface area contributed by atoms with E-state index in [1.54, 1.807) is 47.6 Å². The van der Waals surface area contributed by atoms with Crippen LogP contribution in [-0.2, 0) is 25.5 Å². The number of hydrogen-bond acceptors (Lipinski definition) is 5. The maximum atomic E-state index is 14.3. The van der Waals surface area contributed by atoms with Gasteiger partial charge in [0.1, 0.15) is 17.7 Å². The van der Waals surface area contributed by atoms with Crippen molar-refractivity contribution >= 4 is 40.3 Å². The molecule has 3 aromatic rings. The number of carbonyl (C=O) groups is 4. The van der Waals surface area contributed by atoms with Crippen LogP contribution < -0.4 is 16.4 Å². The number of nitrogens with one attached hydrogen (secondary N) is 2. The molecule has 0 spiro atoms. The molecule has 224 valence electrons. The smallest absolute Gasteiger partial charge is 0.408 e. The molecule has 0 bridgehead atoms. The van der Waals surface area contributed by atoms with E-state index in [0.29, 0.717) is 11.3 Å². The van der Waals surface area contributed by atoms with E-state index in [2.05, 4.69) is 10.6 Å². The Labute approximate surface area is 247 Å². The number of aryl methyl sites for hydroxylation is 1. The molecule has 0 fully saturated rings. The Morgan fingerprint density at radius 1 is 0.881 bits per heavy atom. The number of benzene rings is 3. The number of nitrogens with two attached hydrogens (primary N) is 1. The van der Waals surface area contributed by atoms with E-state index in [4.69, 9.17) is 10.5 Å². The third-order valence-corrected chi connectivity index (χ3v) is 6.58. The van der Waals surface area contributed by atoms with Gasteiger partial charge in [0.25, 0.3) is 5.91 Å². The Bertz CT molecular complexity index is 1440. The van der Waals surface area contributed by atoms with Crippen LogP contribution in [0.2, 0.25) is 0 Å². The lowest BCUT2D eigenvalue weighted by Crippen LogP contribution is -2.58. The van der Waals surface area contributed by atoms with E-state index in [1.165, 1.54) is 4.90 Å². The molecule has 0 aliphatic rings. The Morgan fingerprint density at radius 3 is 2.05 bits per heavy atom. The highest BCUT2D eigenvalue weighted by atomic mass is 16.6. The van der Waals surface area contributed by atoms with Crippen LogP contribution in [0.1, 0.15) is 72.1 Å². The molecule has 9 nitrogen and oxygen atoms in total. The Balaban J connectivity index is 2.08. The van der Waals surface area contributed by atoms with Crippen molar-refractivity contribution in [2.45, 2.75) is 84.5 Å². The van der Waals surface area contributed by atoms with E-state index in [0.717, 1.165) is 22.8 Å². The summed E-state index contributed by atoms with van der Waals surface area (Å²) in [7, 11) is 0. The number of carbonyl (C=O) groups excluding carboxylic acids is 4. The van der Waals surface area contributed by atoms with Gasteiger partial charge in [0, 0.05) is 11.2 Å². The molecular formula is C33H42N4O5. The molecule has 0 saturated carbocycles. The molecular weight excluding hydrogens is 532 g/mol. The van der Waals surface area contributed by atoms with E-state index in [-0.39, 0.29) is 0 Å². The summed E-state index contributed by atoms with van der Waals surface area (Å²) < 4.78 is 5.35. The lowest BCUT2D eigenvalue weighted by Gasteiger charge is -2.43. The van der Waals surface area contributed by atoms with Gasteiger partial charge >= 0.3 is 6.09 Å². The fourth-order valence-electron chi connectivity index (χ4n) is 4.70. The van der Waals surface area contributed by atoms with E-state index in [1.807, 2.05) is 67.6 Å². The molecule has 0 aromatic heterocycles. The van der Waals surface area contributed by atoms with Crippen LogP contribution in [0.15, 0.2) is 66.7 Å². The average molecular weight is 575 g/mol. The minimum absolute atomic E-state index is 0.451. The number of ether oxygens (including phenoxy) is 1. The largest absolute Gasteiger partial charge is 0.444 e. The van der Waals surface area contributed by atoms with Gasteiger partial charge in [-0.1, -0.05) is 61.5 Å². The van der Waals surface area contributed by atoms with Crippen molar-refractivity contribution in [2.75, 3.05) is 5.32 Å². The van der Waals surface area contributed by atoms with Crippen molar-refractivity contribution in [3.8, 4) is 0 Å². The molecule has 0 saturated heterocycles. The first-order valence-corrected chi connectivity index (χ1v) is 14.1. The zero-order chi connectivity index (χ0) is 31.2. The second-order valence-corrected chi connectivity index (χ2v) is 12.3. The van der Waals surface area contributed by atoms with E-state index in [9.17, 15) is 19.2 Å². The highest BCUT2D eigenvalue weighted by molar-refractivity contribution is 6.01. The number of amides is 4. The summed E-state index contributed by atoms with van der Waals surface area (Å²) >= 11 is 0. The predicted octanol–water partition coefficient (Wildman–Crippen LogP) is 5.48. The molecule has 3 rings (SSSR count). The van der Waals surface area contributed by atoms with Gasteiger partial charge in [0.05, 0.1) is 6.42 Å². The number of nitrogens with zero attached hydrogens (tertiary/aromatic N) is 1. The van der Waals surface area contributed by atoms with Crippen molar-refractivity contribution in [3.63, 3.8) is 0 Å². The summed E-state index contributed by atoms with van der Waals surface area (Å²) in [4.78, 5) is 54.5. The summed E-state index contributed by atoms with van der Waals surface area (Å²) in [5.74, 6) is -1.89. The number of alkyl carbamates (subject to hydrolysis) is 1. The molecule has 2 atom stereocenters. The van der Waals surface area contributed by atoms with Crippen molar-refractivity contribution < 1.29 is 23.9 Å². The number of anilines is 1. The molecule has 0 heterocycles. The van der Waals surface area contributed by atoms with Gasteiger partial charge in [-0.05, 0) is 82.0 Å². The number of primary amides is 1. The van der Waals surface area contributed by atoms with Gasteiger partial charge in [0.15, 0.2) is 0 Å². The van der Waals surface area contributed by atoms with Gasteiger partial charge in [0.2, 0.25) is 11.8 Å². The molecule has 9 heteroatoms. The molecule has 0 aliphatic carbocycles. The van der Waals surface area contributed by atoms with Crippen molar-refractivity contribution in [1.82, 2.24) is 10.2 Å². The first-order chi connectivity index (χ1) is 19.6. The van der Waals surface area contributed by atoms with Crippen LogP contribution >= 0.6 is 0 Å². The molecule has 0 radical (unpaired) electrons. The first kappa shape index (κ1) is 32.1. The summed E-state index contributed by atoms with van der Waals surface area (Å²) in [6.07, 6.45) is -0.546. The topological polar surface area (TPSA) is 131 Å². The van der Waals surface area contributed by atoms with Crippen LogP contribution in [0.25, 0.3) is 10.8 Å². The SMILES string of the molecule is CCc1ccc(C(C(=O)Nc2ccc3ccccc3c2)N(C(=O)C(CC(N)=O)NC(=O)OC(C)(C)C)C(C)(C)C)cc1. The van der Waals surface area contributed by atoms with Crippen LogP contribution in [-0.4, -0.2) is 45.9 Å². The van der Waals surface area contributed by atoms with Crippen LogP contribution in [0.5, 0.6) is 0 Å². The fourth-order valence-corrected chi connectivity index (χ4v) is 4.70. The van der Waals surface area contributed by atoms with Crippen LogP contribution in [0.4, 0.5) is 10.5 Å². The van der Waals surface area contributed by atoms with Crippen molar-refractivity contribution in [3.05, 3.63) is 77.9 Å². The van der Waals surface area contributed by atoms with Gasteiger partial charge in [-0.15, -0.1) is 0 Å². The van der Waals surface area contributed by atoms with Crippen LogP contribution in [0, 0.1) is 0 Å². The third-order valence-electron chi connectivity index (χ3n) is 6.58. The van der Waals surface area contributed by atoms with Gasteiger partial charge in [-0.25, -0.2) is 4.79 Å². The Morgan fingerprint density at radius 2 is 1.50 bits per heavy atom. The summed E-state index contributed by atoms with van der Waals surface area (Å²) in [6.45, 7) is 12.5. The second-order valence-electron chi connectivity index (χ2n) is 12.3. The summed E-state index contributed by atoms with van der Waals surface area (Å²) in [5, 5.41) is 7.46. The summed E-state index contributed by atoms with van der Waals surface area (Å²) in [5.41, 5.74) is 5.94. The van der Waals surface area contributed by atoms with E-state index >= 15 is 0 Å². The lowest BCUT2D eigenvalue weighted by atomic mass is 9.94. The minimum atomic E-state index is -1.36. The highest BCUT2D eigenvalue weighted by Gasteiger charge is 2.42. The summed E-state index contributed by atoms with van der Waals surface area (Å²) in [6, 6.07) is 18.4. The zero-order valence-corrected chi connectivity index (χ0v) is 25.5. The average Bonchev–Trinajstić information content (AvgIpc) is 2.89. The number of hydrogen-bond donors (Lipinski definition) is 3. The van der Waals surface area contributed by atoms with Crippen LogP contribution in [0.3, 0.4) is 0 Å². The Hall–Kier alpha value is -4.40. The van der Waals surface area contributed by atoms with Crippen molar-refractivity contribution in [2.24, 2.45) is 5.73 Å². The molecule has 3 aromatic carbocycles. The minimum Gasteiger partial charge on any atom is -0.444 e. The van der Waals surface area contributed by atoms with E-state index < -0.39 is 53.5 Å². The monoisotopic (exact) mass is 574 g/mol. The quantitative estimate of drug-likeness (QED) is 0.312. The Kier molecular flexibility index (Phi) is 9.99. The molecule has 42 heavy (non-hydrogen) atoms. The number of rotatable bonds is 9. The molecule has 4 N–H and O–H groups in total. The normalized spacial score (nSPS) is 13.1. The van der Waals surface area contributed by atoms with Gasteiger partial charge in [-0.3, -0.25) is 14.4 Å². The maximum absolute atomic E-state index is 14.3. The highest BCUT2D eigenvalue weighted by Crippen LogP contribution is 2.32. The predicted molar refractivity (Wildman–Crippen MR) is 165 cm³/mol. The number of fused-ring (bicyclic) bond motifs is 1. The maximum Gasteiger partial charge on any atom is 0.408 e. The first-order valence-electron chi connectivity index (χ1n) is 14.1.